The van der Waals surface area contributed by atoms with Gasteiger partial charge in [0.05, 0.1) is 18.5 Å². The van der Waals surface area contributed by atoms with Crippen LogP contribution in [0.1, 0.15) is 18.2 Å². The van der Waals surface area contributed by atoms with Gasteiger partial charge in [-0.1, -0.05) is 12.1 Å². The van der Waals surface area contributed by atoms with Gasteiger partial charge in [0.25, 0.3) is 0 Å². The lowest BCUT2D eigenvalue weighted by atomic mass is 10.2. The van der Waals surface area contributed by atoms with Crippen LogP contribution in [0.5, 0.6) is 5.75 Å². The maximum Gasteiger partial charge on any atom is 0.142 e. The number of aromatic amines is 1. The van der Waals surface area contributed by atoms with Crippen molar-refractivity contribution >= 4 is 5.69 Å². The Morgan fingerprint density at radius 2 is 2.18 bits per heavy atom. The van der Waals surface area contributed by atoms with Crippen LogP contribution >= 0.6 is 0 Å². The fraction of sp³-hybridized carbons (Fsp3) is 0.308. The van der Waals surface area contributed by atoms with Gasteiger partial charge < -0.3 is 10.1 Å². The van der Waals surface area contributed by atoms with Crippen LogP contribution in [0.4, 0.5) is 5.69 Å². The van der Waals surface area contributed by atoms with E-state index < -0.39 is 0 Å². The monoisotopic (exact) mass is 231 g/mol. The van der Waals surface area contributed by atoms with E-state index in [9.17, 15) is 0 Å². The summed E-state index contributed by atoms with van der Waals surface area (Å²) < 4.78 is 5.55. The van der Waals surface area contributed by atoms with Gasteiger partial charge in [-0.05, 0) is 26.0 Å². The Balaban J connectivity index is 2.06. The van der Waals surface area contributed by atoms with Gasteiger partial charge in [0.1, 0.15) is 5.75 Å². The molecule has 1 aromatic heterocycles. The van der Waals surface area contributed by atoms with Crippen LogP contribution in [0, 0.1) is 6.92 Å². The van der Waals surface area contributed by atoms with Crippen LogP contribution in [-0.2, 0) is 6.54 Å². The molecule has 0 fully saturated rings. The summed E-state index contributed by atoms with van der Waals surface area (Å²) in [6, 6.07) is 7.95. The van der Waals surface area contributed by atoms with Gasteiger partial charge in [0.2, 0.25) is 0 Å². The lowest BCUT2D eigenvalue weighted by Crippen LogP contribution is -2.02. The SMILES string of the molecule is CCOc1ccccc1NCc1cn[nH]c1C. The number of aromatic nitrogens is 2. The molecule has 0 amide bonds. The van der Waals surface area contributed by atoms with Gasteiger partial charge >= 0.3 is 0 Å². The number of nitrogens with zero attached hydrogens (tertiary/aromatic N) is 1. The van der Waals surface area contributed by atoms with Crippen LogP contribution in [0.25, 0.3) is 0 Å². The van der Waals surface area contributed by atoms with Gasteiger partial charge in [0, 0.05) is 17.8 Å². The van der Waals surface area contributed by atoms with E-state index in [4.69, 9.17) is 4.74 Å². The molecule has 90 valence electrons. The molecule has 0 bridgehead atoms. The molecule has 2 aromatic rings. The first-order valence-corrected chi connectivity index (χ1v) is 5.75. The molecule has 2 rings (SSSR count). The van der Waals surface area contributed by atoms with Crippen molar-refractivity contribution in [3.05, 3.63) is 41.7 Å². The predicted molar refractivity (Wildman–Crippen MR) is 68.3 cm³/mol. The quantitative estimate of drug-likeness (QED) is 0.831. The lowest BCUT2D eigenvalue weighted by molar-refractivity contribution is 0.341. The van der Waals surface area contributed by atoms with Crippen LogP contribution in [0.15, 0.2) is 30.5 Å². The van der Waals surface area contributed by atoms with E-state index in [0.29, 0.717) is 6.61 Å². The molecule has 4 nitrogen and oxygen atoms in total. The number of rotatable bonds is 5. The molecule has 0 aliphatic rings. The molecule has 17 heavy (non-hydrogen) atoms. The molecule has 1 heterocycles. The number of para-hydroxylation sites is 2. The maximum atomic E-state index is 5.55. The van der Waals surface area contributed by atoms with Gasteiger partial charge in [0.15, 0.2) is 0 Å². The summed E-state index contributed by atoms with van der Waals surface area (Å²) in [4.78, 5) is 0. The van der Waals surface area contributed by atoms with E-state index in [0.717, 1.165) is 29.2 Å². The Labute approximate surface area is 101 Å². The van der Waals surface area contributed by atoms with Gasteiger partial charge in [-0.3, -0.25) is 5.10 Å². The molecule has 0 aliphatic carbocycles. The van der Waals surface area contributed by atoms with E-state index in [1.165, 1.54) is 0 Å². The van der Waals surface area contributed by atoms with Crippen molar-refractivity contribution in [2.75, 3.05) is 11.9 Å². The third-order valence-corrected chi connectivity index (χ3v) is 2.59. The van der Waals surface area contributed by atoms with Crippen molar-refractivity contribution < 1.29 is 4.74 Å². The first-order valence-electron chi connectivity index (χ1n) is 5.75. The number of ether oxygens (including phenoxy) is 1. The second-order valence-electron chi connectivity index (χ2n) is 3.80. The van der Waals surface area contributed by atoms with Crippen molar-refractivity contribution in [3.8, 4) is 5.75 Å². The van der Waals surface area contributed by atoms with Crippen LogP contribution in [0.2, 0.25) is 0 Å². The molecule has 0 radical (unpaired) electrons. The molecular weight excluding hydrogens is 214 g/mol. The average molecular weight is 231 g/mol. The van der Waals surface area contributed by atoms with E-state index in [1.54, 1.807) is 0 Å². The maximum absolute atomic E-state index is 5.55. The van der Waals surface area contributed by atoms with E-state index in [2.05, 4.69) is 15.5 Å². The summed E-state index contributed by atoms with van der Waals surface area (Å²) in [5.74, 6) is 0.885. The first-order chi connectivity index (χ1) is 8.31. The molecule has 0 atom stereocenters. The summed E-state index contributed by atoms with van der Waals surface area (Å²) in [6.07, 6.45) is 1.84. The van der Waals surface area contributed by atoms with Crippen molar-refractivity contribution in [2.45, 2.75) is 20.4 Å². The minimum Gasteiger partial charge on any atom is -0.492 e. The Morgan fingerprint density at radius 1 is 1.35 bits per heavy atom. The first kappa shape index (κ1) is 11.5. The number of anilines is 1. The Morgan fingerprint density at radius 3 is 2.88 bits per heavy atom. The average Bonchev–Trinajstić information content (AvgIpc) is 2.74. The zero-order chi connectivity index (χ0) is 12.1. The number of hydrogen-bond acceptors (Lipinski definition) is 3. The summed E-state index contributed by atoms with van der Waals surface area (Å²) >= 11 is 0. The summed E-state index contributed by atoms with van der Waals surface area (Å²) in [5.41, 5.74) is 3.26. The van der Waals surface area contributed by atoms with Crippen molar-refractivity contribution in [1.29, 1.82) is 0 Å². The minimum atomic E-state index is 0.670. The van der Waals surface area contributed by atoms with Crippen LogP contribution < -0.4 is 10.1 Å². The van der Waals surface area contributed by atoms with Crippen LogP contribution in [0.3, 0.4) is 0 Å². The highest BCUT2D eigenvalue weighted by Gasteiger charge is 2.03. The summed E-state index contributed by atoms with van der Waals surface area (Å²) in [7, 11) is 0. The third kappa shape index (κ3) is 2.78. The third-order valence-electron chi connectivity index (χ3n) is 2.59. The Hall–Kier alpha value is -1.97. The Kier molecular flexibility index (Phi) is 3.65. The van der Waals surface area contributed by atoms with Crippen molar-refractivity contribution in [2.24, 2.45) is 0 Å². The normalized spacial score (nSPS) is 10.2. The fourth-order valence-electron chi connectivity index (χ4n) is 1.64. The highest BCUT2D eigenvalue weighted by Crippen LogP contribution is 2.24. The largest absolute Gasteiger partial charge is 0.492 e. The molecule has 0 saturated carbocycles. The second-order valence-corrected chi connectivity index (χ2v) is 3.80. The number of benzene rings is 1. The predicted octanol–water partition coefficient (Wildman–Crippen LogP) is 2.73. The summed E-state index contributed by atoms with van der Waals surface area (Å²) in [5, 5.41) is 10.3. The van der Waals surface area contributed by atoms with E-state index in [1.807, 2.05) is 44.3 Å². The standard InChI is InChI=1S/C13H17N3O/c1-3-17-13-7-5-4-6-12(13)14-8-11-9-15-16-10(11)2/h4-7,9,14H,3,8H2,1-2H3,(H,15,16). The molecule has 0 aliphatic heterocycles. The minimum absolute atomic E-state index is 0.670. The van der Waals surface area contributed by atoms with Crippen LogP contribution in [-0.4, -0.2) is 16.8 Å². The highest BCUT2D eigenvalue weighted by molar-refractivity contribution is 5.56. The zero-order valence-corrected chi connectivity index (χ0v) is 10.2. The van der Waals surface area contributed by atoms with Crippen molar-refractivity contribution in [1.82, 2.24) is 10.2 Å². The molecular formula is C13H17N3O. The van der Waals surface area contributed by atoms with E-state index >= 15 is 0 Å². The number of nitrogens with one attached hydrogen (secondary N) is 2. The molecule has 0 spiro atoms. The highest BCUT2D eigenvalue weighted by atomic mass is 16.5. The lowest BCUT2D eigenvalue weighted by Gasteiger charge is -2.11. The smallest absolute Gasteiger partial charge is 0.142 e. The molecule has 0 saturated heterocycles. The number of aryl methyl sites for hydroxylation is 1. The number of hydrogen-bond donors (Lipinski definition) is 2. The Bertz CT molecular complexity index is 479. The summed E-state index contributed by atoms with van der Waals surface area (Å²) in [6.45, 7) is 5.41. The zero-order valence-electron chi connectivity index (χ0n) is 10.2. The van der Waals surface area contributed by atoms with Gasteiger partial charge in [-0.2, -0.15) is 5.10 Å². The van der Waals surface area contributed by atoms with Gasteiger partial charge in [-0.25, -0.2) is 0 Å². The van der Waals surface area contributed by atoms with Crippen molar-refractivity contribution in [3.63, 3.8) is 0 Å². The number of H-pyrrole nitrogens is 1. The topological polar surface area (TPSA) is 49.9 Å². The molecule has 0 unspecified atom stereocenters. The van der Waals surface area contributed by atoms with Gasteiger partial charge in [-0.15, -0.1) is 0 Å². The molecule has 4 heteroatoms. The fourth-order valence-corrected chi connectivity index (χ4v) is 1.64. The second kappa shape index (κ2) is 5.39. The van der Waals surface area contributed by atoms with E-state index in [-0.39, 0.29) is 0 Å². The molecule has 1 aromatic carbocycles. The molecule has 2 N–H and O–H groups in total.